The van der Waals surface area contributed by atoms with E-state index in [0.717, 1.165) is 11.1 Å². The third kappa shape index (κ3) is 4.87. The van der Waals surface area contributed by atoms with Crippen molar-refractivity contribution < 1.29 is 13.2 Å². The smallest absolute Gasteiger partial charge is 0.240 e. The largest absolute Gasteiger partial charge is 0.295 e. The Kier molecular flexibility index (Phi) is 5.47. The summed E-state index contributed by atoms with van der Waals surface area (Å²) in [5.74, 6) is -0.166. The number of ketones is 1. The fraction of sp³-hybridized carbons (Fsp3) is 0.167. The average Bonchev–Trinajstić information content (AvgIpc) is 2.52. The summed E-state index contributed by atoms with van der Waals surface area (Å²) in [6.07, 6.45) is 1.69. The van der Waals surface area contributed by atoms with Crippen molar-refractivity contribution in [2.75, 3.05) is 6.54 Å². The molecule has 0 aliphatic carbocycles. The molecule has 2 aromatic carbocycles. The second-order valence-electron chi connectivity index (χ2n) is 5.27. The molecule has 0 fully saturated rings. The third-order valence-corrected chi connectivity index (χ3v) is 4.79. The van der Waals surface area contributed by atoms with E-state index in [1.807, 2.05) is 37.3 Å². The van der Waals surface area contributed by atoms with Crippen LogP contribution in [0.25, 0.3) is 6.08 Å². The van der Waals surface area contributed by atoms with Crippen molar-refractivity contribution in [1.29, 1.82) is 0 Å². The van der Waals surface area contributed by atoms with Gasteiger partial charge in [-0.1, -0.05) is 48.0 Å². The number of hydrogen-bond acceptors (Lipinski definition) is 3. The molecule has 0 radical (unpaired) electrons. The van der Waals surface area contributed by atoms with Crippen molar-refractivity contribution in [1.82, 2.24) is 4.72 Å². The fourth-order valence-electron chi connectivity index (χ4n) is 2.00. The van der Waals surface area contributed by atoms with Gasteiger partial charge in [0.2, 0.25) is 10.0 Å². The van der Waals surface area contributed by atoms with Crippen LogP contribution in [0.1, 0.15) is 18.1 Å². The molecular formula is C18H19NO3S. The number of aryl methyl sites for hydroxylation is 1. The van der Waals surface area contributed by atoms with E-state index in [4.69, 9.17) is 0 Å². The van der Waals surface area contributed by atoms with Gasteiger partial charge < -0.3 is 0 Å². The molecule has 0 bridgehead atoms. The first-order valence-corrected chi connectivity index (χ1v) is 8.70. The quantitative estimate of drug-likeness (QED) is 0.829. The minimum atomic E-state index is -3.64. The normalized spacial score (nSPS) is 12.2. The number of nitrogens with one attached hydrogen (secondary N) is 1. The van der Waals surface area contributed by atoms with Crippen molar-refractivity contribution in [3.05, 3.63) is 71.3 Å². The maximum atomic E-state index is 12.3. The van der Waals surface area contributed by atoms with Gasteiger partial charge in [-0.2, -0.15) is 0 Å². The van der Waals surface area contributed by atoms with Crippen molar-refractivity contribution in [3.63, 3.8) is 0 Å². The summed E-state index contributed by atoms with van der Waals surface area (Å²) in [5, 5.41) is 0. The van der Waals surface area contributed by atoms with Gasteiger partial charge in [-0.3, -0.25) is 4.79 Å². The van der Waals surface area contributed by atoms with E-state index in [0.29, 0.717) is 5.57 Å². The molecule has 23 heavy (non-hydrogen) atoms. The Labute approximate surface area is 136 Å². The molecule has 0 saturated heterocycles. The molecule has 0 heterocycles. The van der Waals surface area contributed by atoms with E-state index in [1.54, 1.807) is 30.3 Å². The minimum Gasteiger partial charge on any atom is -0.295 e. The van der Waals surface area contributed by atoms with E-state index in [-0.39, 0.29) is 17.2 Å². The first kappa shape index (κ1) is 17.1. The monoisotopic (exact) mass is 329 g/mol. The molecule has 0 amide bonds. The molecule has 120 valence electrons. The van der Waals surface area contributed by atoms with Gasteiger partial charge in [0.25, 0.3) is 0 Å². The summed E-state index contributed by atoms with van der Waals surface area (Å²) in [7, 11) is -3.64. The Balaban J connectivity index is 2.17. The Morgan fingerprint density at radius 3 is 2.22 bits per heavy atom. The number of rotatable bonds is 6. The standard InChI is InChI=1S/C18H19NO3S/c1-14-8-10-18(11-9-14)23(21,22)19-13-17(15(2)20)12-16-6-4-3-5-7-16/h3-12,19H,13H2,1-2H3. The van der Waals surface area contributed by atoms with E-state index < -0.39 is 10.0 Å². The predicted octanol–water partition coefficient (Wildman–Crippen LogP) is 2.95. The van der Waals surface area contributed by atoms with Gasteiger partial charge >= 0.3 is 0 Å². The number of sulfonamides is 1. The molecule has 4 nitrogen and oxygen atoms in total. The van der Waals surface area contributed by atoms with Crippen LogP contribution in [-0.4, -0.2) is 20.7 Å². The molecule has 0 unspecified atom stereocenters. The van der Waals surface area contributed by atoms with Crippen LogP contribution in [0, 0.1) is 6.92 Å². The molecule has 0 spiro atoms. The number of Topliss-reactive ketones (excluding diaryl/α,β-unsaturated/α-hetero) is 1. The van der Waals surface area contributed by atoms with Crippen molar-refractivity contribution in [2.24, 2.45) is 0 Å². The SMILES string of the molecule is CC(=O)C(=Cc1ccccc1)CNS(=O)(=O)c1ccc(C)cc1. The Bertz CT molecular complexity index is 807. The van der Waals surface area contributed by atoms with Crippen LogP contribution in [0.3, 0.4) is 0 Å². The highest BCUT2D eigenvalue weighted by molar-refractivity contribution is 7.89. The van der Waals surface area contributed by atoms with Crippen LogP contribution in [0.2, 0.25) is 0 Å². The molecule has 0 aliphatic rings. The van der Waals surface area contributed by atoms with Crippen LogP contribution >= 0.6 is 0 Å². The first-order chi connectivity index (χ1) is 10.9. The second-order valence-corrected chi connectivity index (χ2v) is 7.04. The molecular weight excluding hydrogens is 310 g/mol. The van der Waals surface area contributed by atoms with E-state index in [1.165, 1.54) is 6.92 Å². The Morgan fingerprint density at radius 2 is 1.65 bits per heavy atom. The lowest BCUT2D eigenvalue weighted by atomic mass is 10.1. The van der Waals surface area contributed by atoms with Crippen LogP contribution in [0.4, 0.5) is 0 Å². The molecule has 5 heteroatoms. The highest BCUT2D eigenvalue weighted by Crippen LogP contribution is 2.12. The minimum absolute atomic E-state index is 0.0412. The molecule has 2 rings (SSSR count). The van der Waals surface area contributed by atoms with Gasteiger partial charge in [0.15, 0.2) is 5.78 Å². The van der Waals surface area contributed by atoms with Crippen LogP contribution in [0.5, 0.6) is 0 Å². The maximum Gasteiger partial charge on any atom is 0.240 e. The zero-order chi connectivity index (χ0) is 16.9. The van der Waals surface area contributed by atoms with Gasteiger partial charge in [-0.05, 0) is 37.6 Å². The molecule has 0 aromatic heterocycles. The number of carbonyl (C=O) groups excluding carboxylic acids is 1. The van der Waals surface area contributed by atoms with Gasteiger partial charge in [0, 0.05) is 12.1 Å². The van der Waals surface area contributed by atoms with Crippen LogP contribution in [-0.2, 0) is 14.8 Å². The van der Waals surface area contributed by atoms with Crippen molar-refractivity contribution in [2.45, 2.75) is 18.7 Å². The summed E-state index contributed by atoms with van der Waals surface area (Å²) in [6, 6.07) is 15.9. The van der Waals surface area contributed by atoms with E-state index in [9.17, 15) is 13.2 Å². The number of hydrogen-bond donors (Lipinski definition) is 1. The van der Waals surface area contributed by atoms with Gasteiger partial charge in [-0.25, -0.2) is 13.1 Å². The fourth-order valence-corrected chi connectivity index (χ4v) is 3.01. The number of benzene rings is 2. The molecule has 0 aliphatic heterocycles. The average molecular weight is 329 g/mol. The lowest BCUT2D eigenvalue weighted by Gasteiger charge is -2.08. The number of carbonyl (C=O) groups is 1. The lowest BCUT2D eigenvalue weighted by Crippen LogP contribution is -2.27. The molecule has 0 atom stereocenters. The predicted molar refractivity (Wildman–Crippen MR) is 91.5 cm³/mol. The van der Waals surface area contributed by atoms with Crippen molar-refractivity contribution >= 4 is 21.9 Å². The lowest BCUT2D eigenvalue weighted by molar-refractivity contribution is -0.113. The molecule has 1 N–H and O–H groups in total. The van der Waals surface area contributed by atoms with Crippen molar-refractivity contribution in [3.8, 4) is 0 Å². The summed E-state index contributed by atoms with van der Waals surface area (Å²) in [5.41, 5.74) is 2.25. The summed E-state index contributed by atoms with van der Waals surface area (Å²) >= 11 is 0. The molecule has 2 aromatic rings. The van der Waals surface area contributed by atoms with E-state index in [2.05, 4.69) is 4.72 Å². The van der Waals surface area contributed by atoms with Crippen LogP contribution in [0.15, 0.2) is 65.1 Å². The third-order valence-electron chi connectivity index (χ3n) is 3.38. The highest BCUT2D eigenvalue weighted by Gasteiger charge is 2.15. The van der Waals surface area contributed by atoms with Gasteiger partial charge in [0.1, 0.15) is 0 Å². The summed E-state index contributed by atoms with van der Waals surface area (Å²) in [4.78, 5) is 11.9. The first-order valence-electron chi connectivity index (χ1n) is 7.21. The summed E-state index contributed by atoms with van der Waals surface area (Å²) in [6.45, 7) is 3.27. The van der Waals surface area contributed by atoms with Crippen LogP contribution < -0.4 is 4.72 Å². The maximum absolute atomic E-state index is 12.3. The zero-order valence-electron chi connectivity index (χ0n) is 13.1. The van der Waals surface area contributed by atoms with Gasteiger partial charge in [-0.15, -0.1) is 0 Å². The Hall–Kier alpha value is -2.24. The summed E-state index contributed by atoms with van der Waals surface area (Å²) < 4.78 is 27.0. The zero-order valence-corrected chi connectivity index (χ0v) is 13.9. The molecule has 0 saturated carbocycles. The topological polar surface area (TPSA) is 63.2 Å². The van der Waals surface area contributed by atoms with Gasteiger partial charge in [0.05, 0.1) is 4.90 Å². The highest BCUT2D eigenvalue weighted by atomic mass is 32.2. The van der Waals surface area contributed by atoms with E-state index >= 15 is 0 Å². The Morgan fingerprint density at radius 1 is 1.04 bits per heavy atom. The second kappa shape index (κ2) is 7.35.